The molecule has 1 aromatic heterocycles. The Bertz CT molecular complexity index is 491. The normalized spacial score (nSPS) is 8.95. The van der Waals surface area contributed by atoms with Gasteiger partial charge in [0.05, 0.1) is 7.11 Å². The van der Waals surface area contributed by atoms with Crippen LogP contribution in [0.1, 0.15) is 5.56 Å². The topological polar surface area (TPSA) is 48.4 Å². The van der Waals surface area contributed by atoms with Crippen LogP contribution in [0.5, 0.6) is 5.88 Å². The monoisotopic (exact) mass is 323 g/mol. The van der Waals surface area contributed by atoms with Gasteiger partial charge in [-0.1, -0.05) is 36.4 Å². The van der Waals surface area contributed by atoms with Crippen LogP contribution in [0.3, 0.4) is 0 Å². The lowest BCUT2D eigenvalue weighted by Gasteiger charge is -2.04. The second-order valence-electron chi connectivity index (χ2n) is 3.40. The number of ether oxygens (including phenoxy) is 2. The van der Waals surface area contributed by atoms with Crippen LogP contribution in [0.15, 0.2) is 53.1 Å². The standard InChI is InChI=1S/C12H10BrNO.C2H4O2/c13-11-7-4-8-12(14-11)15-9-10-5-2-1-3-6-10;1-4-2-3/h1-8H,9H2;2H,1H3. The van der Waals surface area contributed by atoms with E-state index in [2.05, 4.69) is 25.7 Å². The number of nitrogens with zero attached hydrogens (tertiary/aromatic N) is 1. The van der Waals surface area contributed by atoms with Crippen molar-refractivity contribution >= 4 is 22.4 Å². The molecule has 2 rings (SSSR count). The highest BCUT2D eigenvalue weighted by Crippen LogP contribution is 2.13. The summed E-state index contributed by atoms with van der Waals surface area (Å²) in [6.07, 6.45) is 0. The Balaban J connectivity index is 0.000000399. The lowest BCUT2D eigenvalue weighted by atomic mass is 10.2. The first-order valence-electron chi connectivity index (χ1n) is 5.52. The molecule has 0 amide bonds. The smallest absolute Gasteiger partial charge is 0.292 e. The molecule has 19 heavy (non-hydrogen) atoms. The number of carbonyl (C=O) groups is 1. The van der Waals surface area contributed by atoms with Crippen molar-refractivity contribution in [1.82, 2.24) is 4.98 Å². The first kappa shape index (κ1) is 15.2. The predicted octanol–water partition coefficient (Wildman–Crippen LogP) is 3.21. The Morgan fingerprint density at radius 3 is 2.42 bits per heavy atom. The molecule has 0 fully saturated rings. The summed E-state index contributed by atoms with van der Waals surface area (Å²) in [5.41, 5.74) is 1.14. The van der Waals surface area contributed by atoms with E-state index in [1.54, 1.807) is 0 Å². The van der Waals surface area contributed by atoms with Gasteiger partial charge in [-0.2, -0.15) is 0 Å². The summed E-state index contributed by atoms with van der Waals surface area (Å²) in [4.78, 5) is 13.1. The highest BCUT2D eigenvalue weighted by molar-refractivity contribution is 9.10. The molecule has 0 aliphatic heterocycles. The molecule has 100 valence electrons. The fourth-order valence-electron chi connectivity index (χ4n) is 1.20. The average Bonchev–Trinajstić information content (AvgIpc) is 2.47. The highest BCUT2D eigenvalue weighted by Gasteiger charge is 1.96. The van der Waals surface area contributed by atoms with Gasteiger partial charge in [0, 0.05) is 6.07 Å². The maximum Gasteiger partial charge on any atom is 0.292 e. The van der Waals surface area contributed by atoms with Crippen molar-refractivity contribution < 1.29 is 14.3 Å². The highest BCUT2D eigenvalue weighted by atomic mass is 79.9. The number of benzene rings is 1. The first-order valence-corrected chi connectivity index (χ1v) is 6.31. The van der Waals surface area contributed by atoms with Gasteiger partial charge in [-0.25, -0.2) is 4.98 Å². The van der Waals surface area contributed by atoms with Crippen LogP contribution in [0, 0.1) is 0 Å². The maximum atomic E-state index is 8.95. The average molecular weight is 324 g/mol. The van der Waals surface area contributed by atoms with Crippen molar-refractivity contribution in [3.63, 3.8) is 0 Å². The van der Waals surface area contributed by atoms with Crippen LogP contribution >= 0.6 is 15.9 Å². The van der Waals surface area contributed by atoms with Crippen molar-refractivity contribution in [2.75, 3.05) is 7.11 Å². The Kier molecular flexibility index (Phi) is 7.27. The predicted molar refractivity (Wildman–Crippen MR) is 75.8 cm³/mol. The van der Waals surface area contributed by atoms with Gasteiger partial charge in [0.15, 0.2) is 0 Å². The molecule has 0 unspecified atom stereocenters. The summed E-state index contributed by atoms with van der Waals surface area (Å²) in [5, 5.41) is 0. The number of halogens is 1. The zero-order chi connectivity index (χ0) is 13.9. The van der Waals surface area contributed by atoms with E-state index >= 15 is 0 Å². The van der Waals surface area contributed by atoms with Gasteiger partial charge < -0.3 is 9.47 Å². The van der Waals surface area contributed by atoms with E-state index in [0.29, 0.717) is 19.0 Å². The SMILES string of the molecule is Brc1cccc(OCc2ccccc2)n1.COC=O. The minimum Gasteiger partial charge on any atom is -0.473 e. The third-order valence-corrected chi connectivity index (χ3v) is 2.46. The van der Waals surface area contributed by atoms with Gasteiger partial charge in [-0.3, -0.25) is 4.79 Å². The molecule has 5 heteroatoms. The molecular weight excluding hydrogens is 310 g/mol. The van der Waals surface area contributed by atoms with E-state index in [-0.39, 0.29) is 0 Å². The minimum atomic E-state index is 0.375. The minimum absolute atomic E-state index is 0.375. The Labute approximate surface area is 120 Å². The van der Waals surface area contributed by atoms with Gasteiger partial charge in [0.25, 0.3) is 6.47 Å². The van der Waals surface area contributed by atoms with Gasteiger partial charge in [-0.15, -0.1) is 0 Å². The fourth-order valence-corrected chi connectivity index (χ4v) is 1.53. The molecule has 0 bridgehead atoms. The summed E-state index contributed by atoms with van der Waals surface area (Å²) in [5.74, 6) is 0.633. The first-order chi connectivity index (χ1) is 9.26. The molecule has 4 nitrogen and oxygen atoms in total. The van der Waals surface area contributed by atoms with Gasteiger partial charge in [0.1, 0.15) is 11.2 Å². The van der Waals surface area contributed by atoms with Gasteiger partial charge in [0.2, 0.25) is 5.88 Å². The number of aromatic nitrogens is 1. The van der Waals surface area contributed by atoms with Crippen molar-refractivity contribution in [1.29, 1.82) is 0 Å². The summed E-state index contributed by atoms with van der Waals surface area (Å²) >= 11 is 3.30. The number of rotatable bonds is 4. The Morgan fingerprint density at radius 2 is 1.84 bits per heavy atom. The molecule has 0 saturated heterocycles. The fraction of sp³-hybridized carbons (Fsp3) is 0.143. The summed E-state index contributed by atoms with van der Waals surface area (Å²) < 4.78 is 10.2. The zero-order valence-electron chi connectivity index (χ0n) is 10.5. The number of methoxy groups -OCH3 is 1. The van der Waals surface area contributed by atoms with Crippen molar-refractivity contribution in [3.05, 3.63) is 58.7 Å². The van der Waals surface area contributed by atoms with Crippen LogP contribution in [0.2, 0.25) is 0 Å². The van der Waals surface area contributed by atoms with Crippen molar-refractivity contribution in [2.45, 2.75) is 6.61 Å². The van der Waals surface area contributed by atoms with Crippen LogP contribution in [0.25, 0.3) is 0 Å². The van der Waals surface area contributed by atoms with Crippen LogP contribution in [-0.2, 0) is 16.1 Å². The number of pyridine rings is 1. The second kappa shape index (κ2) is 9.10. The lowest BCUT2D eigenvalue weighted by Crippen LogP contribution is -1.96. The van der Waals surface area contributed by atoms with Crippen molar-refractivity contribution in [2.24, 2.45) is 0 Å². The van der Waals surface area contributed by atoms with E-state index < -0.39 is 0 Å². The summed E-state index contributed by atoms with van der Waals surface area (Å²) in [7, 11) is 1.31. The van der Waals surface area contributed by atoms with Gasteiger partial charge >= 0.3 is 0 Å². The molecule has 0 aliphatic carbocycles. The number of carbonyl (C=O) groups excluding carboxylic acids is 1. The molecule has 0 aliphatic rings. The van der Waals surface area contributed by atoms with E-state index in [1.807, 2.05) is 48.5 Å². The third kappa shape index (κ3) is 6.57. The molecular formula is C14H14BrNO3. The van der Waals surface area contributed by atoms with Crippen LogP contribution in [0.4, 0.5) is 0 Å². The van der Waals surface area contributed by atoms with E-state index in [1.165, 1.54) is 7.11 Å². The molecule has 0 N–H and O–H groups in total. The third-order valence-electron chi connectivity index (χ3n) is 2.02. The zero-order valence-corrected chi connectivity index (χ0v) is 12.0. The Morgan fingerprint density at radius 1 is 1.16 bits per heavy atom. The largest absolute Gasteiger partial charge is 0.473 e. The summed E-state index contributed by atoms with van der Waals surface area (Å²) in [6.45, 7) is 0.921. The molecule has 1 heterocycles. The van der Waals surface area contributed by atoms with E-state index in [4.69, 9.17) is 9.53 Å². The summed E-state index contributed by atoms with van der Waals surface area (Å²) in [6, 6.07) is 15.6. The maximum absolute atomic E-state index is 8.95. The number of hydrogen-bond acceptors (Lipinski definition) is 4. The molecule has 2 aromatic rings. The van der Waals surface area contributed by atoms with Crippen molar-refractivity contribution in [3.8, 4) is 5.88 Å². The molecule has 0 radical (unpaired) electrons. The molecule has 1 aromatic carbocycles. The van der Waals surface area contributed by atoms with E-state index in [9.17, 15) is 0 Å². The molecule has 0 saturated carbocycles. The molecule has 0 spiro atoms. The van der Waals surface area contributed by atoms with Crippen LogP contribution < -0.4 is 4.74 Å². The molecule has 0 atom stereocenters. The van der Waals surface area contributed by atoms with Crippen LogP contribution in [-0.4, -0.2) is 18.6 Å². The van der Waals surface area contributed by atoms with Gasteiger partial charge in [-0.05, 0) is 27.6 Å². The quantitative estimate of drug-likeness (QED) is 0.640. The van der Waals surface area contributed by atoms with E-state index in [0.717, 1.165) is 10.2 Å². The number of hydrogen-bond donors (Lipinski definition) is 0. The Hall–Kier alpha value is -1.88. The second-order valence-corrected chi connectivity index (χ2v) is 4.22. The lowest BCUT2D eigenvalue weighted by molar-refractivity contribution is -0.126.